The minimum atomic E-state index is -0.573. The molecule has 1 aliphatic heterocycles. The number of amides is 1. The molecule has 5 heteroatoms. The SMILES string of the molecule is CCCOCN1C=CC(C#N)C(C(N)=O)=C1. The molecule has 0 saturated carbocycles. The minimum Gasteiger partial charge on any atom is -0.366 e. The molecule has 0 aromatic heterocycles. The first-order valence-corrected chi connectivity index (χ1v) is 5.12. The molecule has 0 saturated heterocycles. The van der Waals surface area contributed by atoms with Crippen molar-refractivity contribution in [3.05, 3.63) is 24.0 Å². The van der Waals surface area contributed by atoms with Gasteiger partial charge in [0.05, 0.1) is 17.6 Å². The summed E-state index contributed by atoms with van der Waals surface area (Å²) in [5.74, 6) is -1.13. The van der Waals surface area contributed by atoms with Crippen molar-refractivity contribution in [2.24, 2.45) is 11.7 Å². The van der Waals surface area contributed by atoms with Gasteiger partial charge in [0.15, 0.2) is 0 Å². The molecule has 0 aromatic rings. The highest BCUT2D eigenvalue weighted by Crippen LogP contribution is 2.18. The van der Waals surface area contributed by atoms with E-state index in [0.29, 0.717) is 18.9 Å². The van der Waals surface area contributed by atoms with Crippen molar-refractivity contribution in [2.45, 2.75) is 13.3 Å². The van der Waals surface area contributed by atoms with Crippen molar-refractivity contribution in [3.8, 4) is 6.07 Å². The van der Waals surface area contributed by atoms with Crippen LogP contribution in [-0.4, -0.2) is 24.1 Å². The molecule has 5 nitrogen and oxygen atoms in total. The topological polar surface area (TPSA) is 79.3 Å². The van der Waals surface area contributed by atoms with Gasteiger partial charge in [-0.2, -0.15) is 5.26 Å². The van der Waals surface area contributed by atoms with Gasteiger partial charge in [0.1, 0.15) is 6.73 Å². The Hall–Kier alpha value is -1.80. The van der Waals surface area contributed by atoms with Gasteiger partial charge in [-0.3, -0.25) is 4.79 Å². The molecule has 16 heavy (non-hydrogen) atoms. The number of nitriles is 1. The molecule has 1 unspecified atom stereocenters. The Morgan fingerprint density at radius 2 is 2.50 bits per heavy atom. The van der Waals surface area contributed by atoms with Crippen LogP contribution in [0.1, 0.15) is 13.3 Å². The number of allylic oxidation sites excluding steroid dienone is 1. The van der Waals surface area contributed by atoms with Crippen LogP contribution in [0, 0.1) is 17.2 Å². The number of nitrogens with two attached hydrogens (primary N) is 1. The van der Waals surface area contributed by atoms with Crippen LogP contribution in [0.2, 0.25) is 0 Å². The number of carbonyl (C=O) groups is 1. The summed E-state index contributed by atoms with van der Waals surface area (Å²) in [6, 6.07) is 2.00. The zero-order valence-corrected chi connectivity index (χ0v) is 9.22. The fourth-order valence-corrected chi connectivity index (χ4v) is 1.33. The normalized spacial score (nSPS) is 19.1. The number of ether oxygens (including phenoxy) is 1. The summed E-state index contributed by atoms with van der Waals surface area (Å²) in [5, 5.41) is 8.81. The summed E-state index contributed by atoms with van der Waals surface area (Å²) >= 11 is 0. The molecule has 1 heterocycles. The average molecular weight is 221 g/mol. The highest BCUT2D eigenvalue weighted by atomic mass is 16.5. The third-order valence-corrected chi connectivity index (χ3v) is 2.12. The zero-order valence-electron chi connectivity index (χ0n) is 9.22. The van der Waals surface area contributed by atoms with Crippen molar-refractivity contribution in [2.75, 3.05) is 13.3 Å². The van der Waals surface area contributed by atoms with Crippen molar-refractivity contribution in [1.29, 1.82) is 5.26 Å². The van der Waals surface area contributed by atoms with Gasteiger partial charge < -0.3 is 15.4 Å². The number of hydrogen-bond acceptors (Lipinski definition) is 4. The molecule has 0 bridgehead atoms. The van der Waals surface area contributed by atoms with Crippen molar-refractivity contribution in [3.63, 3.8) is 0 Å². The molecule has 1 rings (SSSR count). The number of primary amides is 1. The Labute approximate surface area is 94.8 Å². The Morgan fingerprint density at radius 3 is 3.06 bits per heavy atom. The first-order chi connectivity index (χ1) is 7.69. The second-order valence-corrected chi connectivity index (χ2v) is 3.45. The molecule has 0 aromatic carbocycles. The van der Waals surface area contributed by atoms with Gasteiger partial charge in [0, 0.05) is 19.0 Å². The summed E-state index contributed by atoms with van der Waals surface area (Å²) in [4.78, 5) is 12.8. The van der Waals surface area contributed by atoms with Gasteiger partial charge in [-0.15, -0.1) is 0 Å². The lowest BCUT2D eigenvalue weighted by molar-refractivity contribution is -0.114. The molecule has 86 valence electrons. The third-order valence-electron chi connectivity index (χ3n) is 2.12. The summed E-state index contributed by atoms with van der Waals surface area (Å²) in [7, 11) is 0. The second kappa shape index (κ2) is 5.93. The molecule has 0 radical (unpaired) electrons. The summed E-state index contributed by atoms with van der Waals surface area (Å²) in [6.45, 7) is 3.04. The smallest absolute Gasteiger partial charge is 0.247 e. The lowest BCUT2D eigenvalue weighted by Gasteiger charge is -2.22. The van der Waals surface area contributed by atoms with Crippen LogP contribution >= 0.6 is 0 Å². The van der Waals surface area contributed by atoms with Crippen LogP contribution in [0.25, 0.3) is 0 Å². The van der Waals surface area contributed by atoms with Gasteiger partial charge in [0.25, 0.3) is 0 Å². The summed E-state index contributed by atoms with van der Waals surface area (Å²) in [6.07, 6.45) is 5.85. The van der Waals surface area contributed by atoms with Crippen LogP contribution < -0.4 is 5.73 Å². The number of nitrogens with zero attached hydrogens (tertiary/aromatic N) is 2. The van der Waals surface area contributed by atoms with Crippen molar-refractivity contribution < 1.29 is 9.53 Å². The van der Waals surface area contributed by atoms with E-state index in [1.807, 2.05) is 13.0 Å². The van der Waals surface area contributed by atoms with Crippen LogP contribution in [0.5, 0.6) is 0 Å². The molecule has 0 spiro atoms. The summed E-state index contributed by atoms with van der Waals surface area (Å²) in [5.41, 5.74) is 5.49. The molecule has 1 amide bonds. The Kier molecular flexibility index (Phi) is 4.55. The first kappa shape index (κ1) is 12.3. The lowest BCUT2D eigenvalue weighted by atomic mass is 9.99. The van der Waals surface area contributed by atoms with E-state index in [-0.39, 0.29) is 0 Å². The van der Waals surface area contributed by atoms with Gasteiger partial charge in [-0.05, 0) is 12.5 Å². The quantitative estimate of drug-likeness (QED) is 0.693. The molecule has 0 fully saturated rings. The standard InChI is InChI=1S/C11H15N3O2/c1-2-5-16-8-14-4-3-9(6-12)10(7-14)11(13)15/h3-4,7,9H,2,5,8H2,1H3,(H2,13,15). The van der Waals surface area contributed by atoms with E-state index in [2.05, 4.69) is 0 Å². The van der Waals surface area contributed by atoms with Gasteiger partial charge in [-0.1, -0.05) is 6.92 Å². The average Bonchev–Trinajstić information content (AvgIpc) is 2.29. The number of carbonyl (C=O) groups excluding carboxylic acids is 1. The zero-order chi connectivity index (χ0) is 12.0. The van der Waals surface area contributed by atoms with E-state index in [0.717, 1.165) is 6.42 Å². The van der Waals surface area contributed by atoms with E-state index in [1.165, 1.54) is 0 Å². The van der Waals surface area contributed by atoms with Crippen molar-refractivity contribution >= 4 is 5.91 Å². The van der Waals surface area contributed by atoms with Gasteiger partial charge >= 0.3 is 0 Å². The Balaban J connectivity index is 2.64. The fourth-order valence-electron chi connectivity index (χ4n) is 1.33. The molecule has 1 atom stereocenters. The number of hydrogen-bond donors (Lipinski definition) is 1. The highest BCUT2D eigenvalue weighted by molar-refractivity contribution is 5.93. The second-order valence-electron chi connectivity index (χ2n) is 3.45. The van der Waals surface area contributed by atoms with E-state index in [1.54, 1.807) is 23.4 Å². The summed E-state index contributed by atoms with van der Waals surface area (Å²) < 4.78 is 5.31. The monoisotopic (exact) mass is 221 g/mol. The minimum absolute atomic E-state index is 0.296. The highest BCUT2D eigenvalue weighted by Gasteiger charge is 2.20. The molecule has 0 aliphatic carbocycles. The van der Waals surface area contributed by atoms with Crippen LogP contribution in [0.15, 0.2) is 24.0 Å². The molecule has 2 N–H and O–H groups in total. The first-order valence-electron chi connectivity index (χ1n) is 5.12. The van der Waals surface area contributed by atoms with Crippen LogP contribution in [0.4, 0.5) is 0 Å². The molecular weight excluding hydrogens is 206 g/mol. The van der Waals surface area contributed by atoms with E-state index < -0.39 is 11.8 Å². The Morgan fingerprint density at radius 1 is 1.75 bits per heavy atom. The van der Waals surface area contributed by atoms with Crippen molar-refractivity contribution in [1.82, 2.24) is 4.90 Å². The number of rotatable bonds is 5. The lowest BCUT2D eigenvalue weighted by Crippen LogP contribution is -2.26. The maximum atomic E-state index is 11.1. The molecule has 1 aliphatic rings. The predicted molar refractivity (Wildman–Crippen MR) is 58.5 cm³/mol. The Bertz CT molecular complexity index is 355. The van der Waals surface area contributed by atoms with E-state index >= 15 is 0 Å². The third kappa shape index (κ3) is 3.11. The van der Waals surface area contributed by atoms with Gasteiger partial charge in [0.2, 0.25) is 5.91 Å². The fraction of sp³-hybridized carbons (Fsp3) is 0.455. The van der Waals surface area contributed by atoms with Crippen LogP contribution in [-0.2, 0) is 9.53 Å². The molecular formula is C11H15N3O2. The van der Waals surface area contributed by atoms with E-state index in [4.69, 9.17) is 15.7 Å². The predicted octanol–water partition coefficient (Wildman–Crippen LogP) is 0.709. The van der Waals surface area contributed by atoms with Crippen LogP contribution in [0.3, 0.4) is 0 Å². The van der Waals surface area contributed by atoms with Gasteiger partial charge in [-0.25, -0.2) is 0 Å². The maximum Gasteiger partial charge on any atom is 0.247 e. The maximum absolute atomic E-state index is 11.1. The van der Waals surface area contributed by atoms with E-state index in [9.17, 15) is 4.79 Å². The largest absolute Gasteiger partial charge is 0.366 e.